The lowest BCUT2D eigenvalue weighted by Gasteiger charge is -2.32. The molecule has 8 heteroatoms. The molecule has 1 saturated heterocycles. The van der Waals surface area contributed by atoms with Gasteiger partial charge in [0.2, 0.25) is 0 Å². The van der Waals surface area contributed by atoms with E-state index in [0.29, 0.717) is 6.07 Å². The third-order valence-electron chi connectivity index (χ3n) is 4.04. The van der Waals surface area contributed by atoms with E-state index in [1.165, 1.54) is 6.07 Å². The van der Waals surface area contributed by atoms with Crippen molar-refractivity contribution >= 4 is 5.69 Å². The van der Waals surface area contributed by atoms with Crippen molar-refractivity contribution < 1.29 is 18.1 Å². The first-order chi connectivity index (χ1) is 9.61. The van der Waals surface area contributed by atoms with Crippen LogP contribution in [0.5, 0.6) is 0 Å². The Bertz CT molecular complexity index is 559. The number of hydrogen-bond donors (Lipinski definition) is 1. The molecular formula is C14H20F3N3O2. The minimum Gasteiger partial charge on any atom is -0.344 e. The van der Waals surface area contributed by atoms with E-state index in [9.17, 15) is 23.3 Å². The maximum Gasteiger partial charge on any atom is 0.416 e. The molecule has 124 valence electrons. The molecular weight excluding hydrogens is 299 g/mol. The lowest BCUT2D eigenvalue weighted by molar-refractivity contribution is -0.385. The zero-order valence-corrected chi connectivity index (χ0v) is 12.6. The van der Waals surface area contributed by atoms with Gasteiger partial charge in [-0.3, -0.25) is 15.0 Å². The molecule has 1 aromatic rings. The van der Waals surface area contributed by atoms with E-state index in [2.05, 4.69) is 0 Å². The summed E-state index contributed by atoms with van der Waals surface area (Å²) in [4.78, 5) is 11.8. The third-order valence-corrected chi connectivity index (χ3v) is 4.04. The number of benzene rings is 1. The highest BCUT2D eigenvalue weighted by atomic mass is 19.4. The molecule has 1 aliphatic rings. The summed E-state index contributed by atoms with van der Waals surface area (Å²) < 4.78 is 39.4. The molecule has 0 amide bonds. The molecule has 1 aliphatic heterocycles. The van der Waals surface area contributed by atoms with Gasteiger partial charge >= 0.3 is 6.18 Å². The fourth-order valence-electron chi connectivity index (χ4n) is 2.74. The monoisotopic (exact) mass is 319 g/mol. The molecule has 0 bridgehead atoms. The van der Waals surface area contributed by atoms with Crippen molar-refractivity contribution in [2.75, 3.05) is 6.54 Å². The zero-order valence-electron chi connectivity index (χ0n) is 12.6. The predicted octanol–water partition coefficient (Wildman–Crippen LogP) is 4.15. The number of rotatable bonds is 3. The highest BCUT2D eigenvalue weighted by Crippen LogP contribution is 2.37. The average molecular weight is 319 g/mol. The van der Waals surface area contributed by atoms with Gasteiger partial charge in [-0.1, -0.05) is 6.07 Å². The normalized spacial score (nSPS) is 18.0. The Balaban J connectivity index is 0.00000242. The molecule has 1 heterocycles. The van der Waals surface area contributed by atoms with Crippen LogP contribution < -0.4 is 6.15 Å². The lowest BCUT2D eigenvalue weighted by atomic mass is 10.00. The summed E-state index contributed by atoms with van der Waals surface area (Å²) in [6, 6.07) is 2.97. The van der Waals surface area contributed by atoms with E-state index in [4.69, 9.17) is 0 Å². The van der Waals surface area contributed by atoms with Gasteiger partial charge in [-0.15, -0.1) is 0 Å². The smallest absolute Gasteiger partial charge is 0.344 e. The number of hydrogen-bond acceptors (Lipinski definition) is 4. The Hall–Kier alpha value is -1.67. The van der Waals surface area contributed by atoms with E-state index in [0.717, 1.165) is 25.5 Å². The molecule has 1 aromatic carbocycles. The standard InChI is InChI=1S/C14H17F3N2O2.H3N/c1-13(2)6-3-7-18(13)9-10-4-5-11(19(20)21)8-12(10)14(15,16)17;/h4-5,8H,3,6-7,9H2,1-2H3;1H3. The van der Waals surface area contributed by atoms with Crippen molar-refractivity contribution in [1.29, 1.82) is 0 Å². The van der Waals surface area contributed by atoms with Crippen LogP contribution in [0.25, 0.3) is 0 Å². The van der Waals surface area contributed by atoms with Crippen LogP contribution in [0.2, 0.25) is 0 Å². The quantitative estimate of drug-likeness (QED) is 0.670. The summed E-state index contributed by atoms with van der Waals surface area (Å²) in [5.41, 5.74) is -1.51. The highest BCUT2D eigenvalue weighted by Gasteiger charge is 2.37. The average Bonchev–Trinajstić information content (AvgIpc) is 2.67. The second kappa shape index (κ2) is 6.21. The van der Waals surface area contributed by atoms with Crippen molar-refractivity contribution in [3.05, 3.63) is 39.4 Å². The number of likely N-dealkylation sites (tertiary alicyclic amines) is 1. The van der Waals surface area contributed by atoms with E-state index >= 15 is 0 Å². The van der Waals surface area contributed by atoms with E-state index in [1.807, 2.05) is 18.7 Å². The van der Waals surface area contributed by atoms with Gasteiger partial charge in [0, 0.05) is 24.2 Å². The van der Waals surface area contributed by atoms with Crippen molar-refractivity contribution in [3.8, 4) is 0 Å². The molecule has 0 aromatic heterocycles. The van der Waals surface area contributed by atoms with Gasteiger partial charge in [0.25, 0.3) is 5.69 Å². The Kier molecular flexibility index (Phi) is 5.19. The fourth-order valence-corrected chi connectivity index (χ4v) is 2.74. The first-order valence-electron chi connectivity index (χ1n) is 6.71. The molecule has 0 radical (unpaired) electrons. The minimum atomic E-state index is -4.59. The number of halogens is 3. The van der Waals surface area contributed by atoms with Crippen molar-refractivity contribution in [2.24, 2.45) is 0 Å². The number of nitrogens with zero attached hydrogens (tertiary/aromatic N) is 2. The van der Waals surface area contributed by atoms with E-state index in [-0.39, 0.29) is 23.8 Å². The maximum atomic E-state index is 13.1. The molecule has 0 unspecified atom stereocenters. The zero-order chi connectivity index (χ0) is 15.8. The fraction of sp³-hybridized carbons (Fsp3) is 0.571. The summed E-state index contributed by atoms with van der Waals surface area (Å²) in [7, 11) is 0. The minimum absolute atomic E-state index is 0. The van der Waals surface area contributed by atoms with Gasteiger partial charge in [0.05, 0.1) is 10.5 Å². The SMILES string of the molecule is CC1(C)CCCN1Cc1ccc([N+](=O)[O-])cc1C(F)(F)F.N. The largest absolute Gasteiger partial charge is 0.416 e. The van der Waals surface area contributed by atoms with E-state index < -0.39 is 22.4 Å². The summed E-state index contributed by atoms with van der Waals surface area (Å²) in [6.45, 7) is 4.89. The van der Waals surface area contributed by atoms with Crippen LogP contribution in [0.1, 0.15) is 37.8 Å². The molecule has 1 fully saturated rings. The summed E-state index contributed by atoms with van der Waals surface area (Å²) in [6.07, 6.45) is -2.71. The Morgan fingerprint density at radius 1 is 1.36 bits per heavy atom. The molecule has 22 heavy (non-hydrogen) atoms. The Morgan fingerprint density at radius 2 is 2.00 bits per heavy atom. The number of non-ortho nitro benzene ring substituents is 1. The van der Waals surface area contributed by atoms with Gasteiger partial charge in [-0.25, -0.2) is 0 Å². The number of nitro groups is 1. The predicted molar refractivity (Wildman–Crippen MR) is 76.8 cm³/mol. The second-order valence-corrected chi connectivity index (χ2v) is 5.93. The molecule has 5 nitrogen and oxygen atoms in total. The summed E-state index contributed by atoms with van der Waals surface area (Å²) in [5, 5.41) is 10.7. The Morgan fingerprint density at radius 3 is 2.45 bits per heavy atom. The summed E-state index contributed by atoms with van der Waals surface area (Å²) in [5.74, 6) is 0. The van der Waals surface area contributed by atoms with Gasteiger partial charge < -0.3 is 6.15 Å². The van der Waals surface area contributed by atoms with Crippen molar-refractivity contribution in [3.63, 3.8) is 0 Å². The van der Waals surface area contributed by atoms with Crippen LogP contribution in [0.3, 0.4) is 0 Å². The highest BCUT2D eigenvalue weighted by molar-refractivity contribution is 5.41. The Labute approximate surface area is 126 Å². The first-order valence-corrected chi connectivity index (χ1v) is 6.71. The van der Waals surface area contributed by atoms with E-state index in [1.54, 1.807) is 0 Å². The number of alkyl halides is 3. The van der Waals surface area contributed by atoms with Gasteiger partial charge in [0.15, 0.2) is 0 Å². The molecule has 0 atom stereocenters. The van der Waals surface area contributed by atoms with Crippen LogP contribution in [0.15, 0.2) is 18.2 Å². The molecule has 0 aliphatic carbocycles. The van der Waals surface area contributed by atoms with Crippen LogP contribution in [0, 0.1) is 10.1 Å². The van der Waals surface area contributed by atoms with Crippen molar-refractivity contribution in [2.45, 2.75) is 44.9 Å². The first kappa shape index (κ1) is 18.4. The van der Waals surface area contributed by atoms with Gasteiger partial charge in [-0.05, 0) is 38.8 Å². The van der Waals surface area contributed by atoms with Crippen LogP contribution in [0.4, 0.5) is 18.9 Å². The summed E-state index contributed by atoms with van der Waals surface area (Å²) >= 11 is 0. The second-order valence-electron chi connectivity index (χ2n) is 5.93. The van der Waals surface area contributed by atoms with Crippen molar-refractivity contribution in [1.82, 2.24) is 11.1 Å². The number of nitro benzene ring substituents is 1. The van der Waals surface area contributed by atoms with Gasteiger partial charge in [-0.2, -0.15) is 13.2 Å². The van der Waals surface area contributed by atoms with Crippen LogP contribution >= 0.6 is 0 Å². The lowest BCUT2D eigenvalue weighted by Crippen LogP contribution is -2.37. The third kappa shape index (κ3) is 3.75. The molecule has 0 spiro atoms. The topological polar surface area (TPSA) is 81.4 Å². The van der Waals surface area contributed by atoms with Crippen LogP contribution in [-0.4, -0.2) is 21.9 Å². The van der Waals surface area contributed by atoms with Gasteiger partial charge in [0.1, 0.15) is 0 Å². The van der Waals surface area contributed by atoms with Crippen LogP contribution in [-0.2, 0) is 12.7 Å². The molecule has 3 N–H and O–H groups in total. The molecule has 2 rings (SSSR count). The maximum absolute atomic E-state index is 13.1. The molecule has 0 saturated carbocycles.